The van der Waals surface area contributed by atoms with Gasteiger partial charge in [0.2, 0.25) is 5.91 Å². The highest BCUT2D eigenvalue weighted by Crippen LogP contribution is 2.36. The number of alkyl halides is 3. The standard InChI is InChI=1S/C13H17F3N2O/c1-4-17-11-6-5-9(18-12(19)8(2)3)7-10(11)13(14,15)16/h5-8,17H,4H2,1-3H3,(H,18,19). The molecule has 0 spiro atoms. The molecule has 6 heteroatoms. The Balaban J connectivity index is 3.08. The quantitative estimate of drug-likeness (QED) is 0.878. The molecule has 0 unspecified atom stereocenters. The van der Waals surface area contributed by atoms with Gasteiger partial charge in [0.05, 0.1) is 5.56 Å². The molecular formula is C13H17F3N2O. The lowest BCUT2D eigenvalue weighted by molar-refractivity contribution is -0.137. The smallest absolute Gasteiger partial charge is 0.385 e. The first-order chi connectivity index (χ1) is 8.75. The fourth-order valence-electron chi connectivity index (χ4n) is 1.49. The van der Waals surface area contributed by atoms with E-state index in [1.54, 1.807) is 20.8 Å². The van der Waals surface area contributed by atoms with Gasteiger partial charge in [-0.2, -0.15) is 13.2 Å². The number of amides is 1. The van der Waals surface area contributed by atoms with Gasteiger partial charge in [-0.15, -0.1) is 0 Å². The summed E-state index contributed by atoms with van der Waals surface area (Å²) in [5.74, 6) is -0.605. The minimum Gasteiger partial charge on any atom is -0.385 e. The minimum atomic E-state index is -4.46. The number of halogens is 3. The Morgan fingerprint density at radius 3 is 2.42 bits per heavy atom. The summed E-state index contributed by atoms with van der Waals surface area (Å²) in [7, 11) is 0. The van der Waals surface area contributed by atoms with E-state index in [0.717, 1.165) is 6.07 Å². The number of carbonyl (C=O) groups excluding carboxylic acids is 1. The molecule has 0 atom stereocenters. The second kappa shape index (κ2) is 5.95. The van der Waals surface area contributed by atoms with Crippen molar-refractivity contribution in [3.05, 3.63) is 23.8 Å². The maximum atomic E-state index is 12.9. The Morgan fingerprint density at radius 2 is 1.95 bits per heavy atom. The van der Waals surface area contributed by atoms with Gasteiger partial charge < -0.3 is 10.6 Å². The van der Waals surface area contributed by atoms with E-state index in [2.05, 4.69) is 10.6 Å². The first-order valence-electron chi connectivity index (χ1n) is 6.01. The largest absolute Gasteiger partial charge is 0.418 e. The molecule has 1 amide bonds. The minimum absolute atomic E-state index is 0.0116. The molecule has 1 aromatic rings. The van der Waals surface area contributed by atoms with E-state index < -0.39 is 11.7 Å². The Morgan fingerprint density at radius 1 is 1.32 bits per heavy atom. The van der Waals surface area contributed by atoms with Crippen LogP contribution in [0.4, 0.5) is 24.5 Å². The van der Waals surface area contributed by atoms with E-state index in [1.165, 1.54) is 12.1 Å². The normalized spacial score (nSPS) is 11.5. The van der Waals surface area contributed by atoms with Crippen molar-refractivity contribution in [1.29, 1.82) is 0 Å². The highest BCUT2D eigenvalue weighted by Gasteiger charge is 2.33. The van der Waals surface area contributed by atoms with Crippen molar-refractivity contribution >= 4 is 17.3 Å². The number of benzene rings is 1. The third kappa shape index (κ3) is 4.15. The summed E-state index contributed by atoms with van der Waals surface area (Å²) in [6.45, 7) is 5.45. The van der Waals surface area contributed by atoms with Crippen molar-refractivity contribution in [2.24, 2.45) is 5.92 Å². The third-order valence-corrected chi connectivity index (χ3v) is 2.48. The van der Waals surface area contributed by atoms with E-state index >= 15 is 0 Å². The monoisotopic (exact) mass is 274 g/mol. The van der Waals surface area contributed by atoms with Crippen molar-refractivity contribution in [3.8, 4) is 0 Å². The van der Waals surface area contributed by atoms with Crippen molar-refractivity contribution < 1.29 is 18.0 Å². The van der Waals surface area contributed by atoms with Crippen LogP contribution in [0.1, 0.15) is 26.3 Å². The van der Waals surface area contributed by atoms with Crippen molar-refractivity contribution in [2.45, 2.75) is 26.9 Å². The number of hydrogen-bond acceptors (Lipinski definition) is 2. The fourth-order valence-corrected chi connectivity index (χ4v) is 1.49. The van der Waals surface area contributed by atoms with Crippen LogP contribution in [-0.2, 0) is 11.0 Å². The Labute approximate surface area is 110 Å². The predicted molar refractivity (Wildman–Crippen MR) is 69.1 cm³/mol. The lowest BCUT2D eigenvalue weighted by Gasteiger charge is -2.16. The van der Waals surface area contributed by atoms with Crippen molar-refractivity contribution in [2.75, 3.05) is 17.2 Å². The predicted octanol–water partition coefficient (Wildman–Crippen LogP) is 3.73. The molecule has 0 bridgehead atoms. The zero-order chi connectivity index (χ0) is 14.6. The first-order valence-corrected chi connectivity index (χ1v) is 6.01. The van der Waals surface area contributed by atoms with Crippen LogP contribution in [0.2, 0.25) is 0 Å². The Hall–Kier alpha value is -1.72. The maximum absolute atomic E-state index is 12.9. The molecule has 0 aliphatic heterocycles. The molecule has 0 aliphatic carbocycles. The Bertz CT molecular complexity index is 456. The van der Waals surface area contributed by atoms with E-state index in [1.807, 2.05) is 0 Å². The van der Waals surface area contributed by atoms with Crippen LogP contribution < -0.4 is 10.6 Å². The van der Waals surface area contributed by atoms with Gasteiger partial charge in [0.1, 0.15) is 0 Å². The van der Waals surface area contributed by atoms with Gasteiger partial charge in [-0.1, -0.05) is 13.8 Å². The summed E-state index contributed by atoms with van der Waals surface area (Å²) in [6.07, 6.45) is -4.46. The van der Waals surface area contributed by atoms with Crippen LogP contribution in [0.15, 0.2) is 18.2 Å². The summed E-state index contributed by atoms with van der Waals surface area (Å²) >= 11 is 0. The number of rotatable bonds is 4. The van der Waals surface area contributed by atoms with Gasteiger partial charge >= 0.3 is 6.18 Å². The third-order valence-electron chi connectivity index (χ3n) is 2.48. The number of anilines is 2. The average molecular weight is 274 g/mol. The molecular weight excluding hydrogens is 257 g/mol. The molecule has 0 radical (unpaired) electrons. The van der Waals surface area contributed by atoms with Crippen molar-refractivity contribution in [1.82, 2.24) is 0 Å². The van der Waals surface area contributed by atoms with E-state index in [-0.39, 0.29) is 23.2 Å². The van der Waals surface area contributed by atoms with Crippen LogP contribution in [0.5, 0.6) is 0 Å². The van der Waals surface area contributed by atoms with Crippen LogP contribution in [0.3, 0.4) is 0 Å². The second-order valence-corrected chi connectivity index (χ2v) is 4.43. The summed E-state index contributed by atoms with van der Waals surface area (Å²) in [5, 5.41) is 5.11. The first kappa shape index (κ1) is 15.3. The number of hydrogen-bond donors (Lipinski definition) is 2. The molecule has 0 saturated heterocycles. The summed E-state index contributed by atoms with van der Waals surface area (Å²) < 4.78 is 38.7. The Kier molecular flexibility index (Phi) is 4.80. The lowest BCUT2D eigenvalue weighted by Crippen LogP contribution is -2.18. The molecule has 106 valence electrons. The molecule has 2 N–H and O–H groups in total. The number of carbonyl (C=O) groups is 1. The topological polar surface area (TPSA) is 41.1 Å². The van der Waals surface area contributed by atoms with Crippen LogP contribution >= 0.6 is 0 Å². The van der Waals surface area contributed by atoms with Crippen molar-refractivity contribution in [3.63, 3.8) is 0 Å². The molecule has 19 heavy (non-hydrogen) atoms. The molecule has 0 aromatic heterocycles. The molecule has 0 aliphatic rings. The van der Waals surface area contributed by atoms with Crippen LogP contribution in [0, 0.1) is 5.92 Å². The van der Waals surface area contributed by atoms with E-state index in [4.69, 9.17) is 0 Å². The summed E-state index contributed by atoms with van der Waals surface area (Å²) in [4.78, 5) is 11.5. The van der Waals surface area contributed by atoms with E-state index in [0.29, 0.717) is 6.54 Å². The molecule has 1 rings (SSSR count). The van der Waals surface area contributed by atoms with Gasteiger partial charge in [0.25, 0.3) is 0 Å². The number of nitrogens with one attached hydrogen (secondary N) is 2. The van der Waals surface area contributed by atoms with Gasteiger partial charge in [0, 0.05) is 23.8 Å². The van der Waals surface area contributed by atoms with E-state index in [9.17, 15) is 18.0 Å². The van der Waals surface area contributed by atoms with Gasteiger partial charge in [-0.3, -0.25) is 4.79 Å². The van der Waals surface area contributed by atoms with Crippen LogP contribution in [-0.4, -0.2) is 12.5 Å². The zero-order valence-electron chi connectivity index (χ0n) is 11.1. The lowest BCUT2D eigenvalue weighted by atomic mass is 10.1. The zero-order valence-corrected chi connectivity index (χ0v) is 11.1. The van der Waals surface area contributed by atoms with Crippen LogP contribution in [0.25, 0.3) is 0 Å². The highest BCUT2D eigenvalue weighted by atomic mass is 19.4. The molecule has 3 nitrogen and oxygen atoms in total. The van der Waals surface area contributed by atoms with Gasteiger partial charge in [-0.25, -0.2) is 0 Å². The average Bonchev–Trinajstić information content (AvgIpc) is 2.29. The molecule has 0 saturated carbocycles. The highest BCUT2D eigenvalue weighted by molar-refractivity contribution is 5.92. The summed E-state index contributed by atoms with van der Waals surface area (Å²) in [6, 6.07) is 3.72. The van der Waals surface area contributed by atoms with Gasteiger partial charge in [0.15, 0.2) is 0 Å². The van der Waals surface area contributed by atoms with Gasteiger partial charge in [-0.05, 0) is 25.1 Å². The maximum Gasteiger partial charge on any atom is 0.418 e. The summed E-state index contributed by atoms with van der Waals surface area (Å²) in [5.41, 5.74) is -0.624. The SMILES string of the molecule is CCNc1ccc(NC(=O)C(C)C)cc1C(F)(F)F. The fraction of sp³-hybridized carbons (Fsp3) is 0.462. The molecule has 1 aromatic carbocycles. The molecule has 0 heterocycles. The molecule has 0 fully saturated rings. The second-order valence-electron chi connectivity index (χ2n) is 4.43.